The third-order valence-electron chi connectivity index (χ3n) is 3.55. The second-order valence-corrected chi connectivity index (χ2v) is 8.53. The topological polar surface area (TPSA) is 66.5 Å². The second kappa shape index (κ2) is 8.80. The Morgan fingerprint density at radius 2 is 1.80 bits per heavy atom. The van der Waals surface area contributed by atoms with E-state index < -0.39 is 10.0 Å². The Morgan fingerprint density at radius 3 is 2.44 bits per heavy atom. The van der Waals surface area contributed by atoms with Crippen molar-refractivity contribution in [3.05, 3.63) is 63.6 Å². The molecular formula is C17H18BrClN2O3S. The van der Waals surface area contributed by atoms with Crippen LogP contribution in [0.1, 0.15) is 12.0 Å². The Balaban J connectivity index is 1.87. The van der Waals surface area contributed by atoms with Gasteiger partial charge >= 0.3 is 0 Å². The molecule has 0 saturated heterocycles. The van der Waals surface area contributed by atoms with Crippen LogP contribution in [0.15, 0.2) is 57.9 Å². The number of sulfonamides is 1. The lowest BCUT2D eigenvalue weighted by atomic mass is 10.2. The Kier molecular flexibility index (Phi) is 7.01. The summed E-state index contributed by atoms with van der Waals surface area (Å²) in [6, 6.07) is 13.6. The first-order chi connectivity index (χ1) is 11.8. The molecule has 0 unspecified atom stereocenters. The first-order valence-corrected chi connectivity index (χ1v) is 10.2. The minimum Gasteiger partial charge on any atom is -0.341 e. The maximum Gasteiger partial charge on any atom is 0.240 e. The van der Waals surface area contributed by atoms with E-state index in [9.17, 15) is 13.2 Å². The summed E-state index contributed by atoms with van der Waals surface area (Å²) < 4.78 is 27.6. The summed E-state index contributed by atoms with van der Waals surface area (Å²) in [5.74, 6) is -0.168. The maximum atomic E-state index is 12.2. The zero-order valence-electron chi connectivity index (χ0n) is 13.6. The molecule has 2 aromatic rings. The van der Waals surface area contributed by atoms with Gasteiger partial charge in [-0.3, -0.25) is 4.79 Å². The van der Waals surface area contributed by atoms with Crippen LogP contribution in [-0.4, -0.2) is 32.8 Å². The summed E-state index contributed by atoms with van der Waals surface area (Å²) in [6.07, 6.45) is 0.0662. The highest BCUT2D eigenvalue weighted by molar-refractivity contribution is 9.10. The van der Waals surface area contributed by atoms with Gasteiger partial charge in [0.2, 0.25) is 15.9 Å². The Bertz CT molecular complexity index is 841. The molecule has 0 aliphatic rings. The van der Waals surface area contributed by atoms with Crippen LogP contribution in [0.3, 0.4) is 0 Å². The van der Waals surface area contributed by atoms with E-state index in [0.29, 0.717) is 11.6 Å². The van der Waals surface area contributed by atoms with E-state index in [1.54, 1.807) is 25.2 Å². The normalized spacial score (nSPS) is 11.3. The van der Waals surface area contributed by atoms with Gasteiger partial charge in [0, 0.05) is 36.1 Å². The van der Waals surface area contributed by atoms with Crippen LogP contribution in [0.25, 0.3) is 0 Å². The molecule has 0 aliphatic heterocycles. The van der Waals surface area contributed by atoms with E-state index in [-0.39, 0.29) is 23.8 Å². The number of hydrogen-bond acceptors (Lipinski definition) is 3. The van der Waals surface area contributed by atoms with Gasteiger partial charge in [-0.25, -0.2) is 13.1 Å². The number of carbonyl (C=O) groups is 1. The monoisotopic (exact) mass is 444 g/mol. The molecule has 1 N–H and O–H groups in total. The molecule has 2 aromatic carbocycles. The van der Waals surface area contributed by atoms with Crippen molar-refractivity contribution in [2.24, 2.45) is 0 Å². The molecule has 0 heterocycles. The van der Waals surface area contributed by atoms with Crippen LogP contribution in [0, 0.1) is 0 Å². The van der Waals surface area contributed by atoms with Crippen molar-refractivity contribution in [3.63, 3.8) is 0 Å². The SMILES string of the molecule is CN(Cc1ccccc1Cl)C(=O)CCNS(=O)(=O)c1ccc(Br)cc1. The molecule has 0 aliphatic carbocycles. The quantitative estimate of drug-likeness (QED) is 0.710. The molecule has 5 nitrogen and oxygen atoms in total. The predicted molar refractivity (Wildman–Crippen MR) is 102 cm³/mol. The van der Waals surface area contributed by atoms with Gasteiger partial charge < -0.3 is 4.90 Å². The van der Waals surface area contributed by atoms with Crippen LogP contribution >= 0.6 is 27.5 Å². The van der Waals surface area contributed by atoms with Gasteiger partial charge in [0.05, 0.1) is 4.90 Å². The molecule has 134 valence electrons. The molecule has 0 fully saturated rings. The summed E-state index contributed by atoms with van der Waals surface area (Å²) in [6.45, 7) is 0.405. The number of benzene rings is 2. The predicted octanol–water partition coefficient (Wildman–Crippen LogP) is 3.43. The minimum absolute atomic E-state index is 0.0318. The van der Waals surface area contributed by atoms with Crippen molar-refractivity contribution in [3.8, 4) is 0 Å². The lowest BCUT2D eigenvalue weighted by molar-refractivity contribution is -0.130. The number of hydrogen-bond donors (Lipinski definition) is 1. The highest BCUT2D eigenvalue weighted by Crippen LogP contribution is 2.17. The first-order valence-electron chi connectivity index (χ1n) is 7.52. The number of nitrogens with zero attached hydrogens (tertiary/aromatic N) is 1. The van der Waals surface area contributed by atoms with Gasteiger partial charge in [-0.1, -0.05) is 45.7 Å². The highest BCUT2D eigenvalue weighted by Gasteiger charge is 2.15. The van der Waals surface area contributed by atoms with E-state index >= 15 is 0 Å². The largest absolute Gasteiger partial charge is 0.341 e. The molecule has 1 amide bonds. The van der Waals surface area contributed by atoms with Crippen molar-refractivity contribution in [1.82, 2.24) is 9.62 Å². The smallest absolute Gasteiger partial charge is 0.240 e. The summed E-state index contributed by atoms with van der Waals surface area (Å²) in [7, 11) is -1.97. The molecule has 8 heteroatoms. The fraction of sp³-hybridized carbons (Fsp3) is 0.235. The average molecular weight is 446 g/mol. The Morgan fingerprint density at radius 1 is 1.16 bits per heavy atom. The fourth-order valence-electron chi connectivity index (χ4n) is 2.15. The van der Waals surface area contributed by atoms with Crippen molar-refractivity contribution >= 4 is 43.5 Å². The van der Waals surface area contributed by atoms with Crippen LogP contribution in [-0.2, 0) is 21.4 Å². The molecular weight excluding hydrogens is 428 g/mol. The molecule has 0 saturated carbocycles. The van der Waals surface area contributed by atoms with Crippen molar-refractivity contribution in [1.29, 1.82) is 0 Å². The fourth-order valence-corrected chi connectivity index (χ4v) is 3.64. The summed E-state index contributed by atoms with van der Waals surface area (Å²) >= 11 is 9.34. The number of halogens is 2. The average Bonchev–Trinajstić information content (AvgIpc) is 2.57. The summed E-state index contributed by atoms with van der Waals surface area (Å²) in [5.41, 5.74) is 0.843. The number of rotatable bonds is 7. The number of amides is 1. The van der Waals surface area contributed by atoms with Crippen LogP contribution in [0.5, 0.6) is 0 Å². The Labute approximate surface area is 161 Å². The van der Waals surface area contributed by atoms with Gasteiger partial charge in [0.15, 0.2) is 0 Å². The minimum atomic E-state index is -3.63. The molecule has 2 rings (SSSR count). The lowest BCUT2D eigenvalue weighted by Crippen LogP contribution is -2.32. The maximum absolute atomic E-state index is 12.2. The van der Waals surface area contributed by atoms with Crippen molar-refractivity contribution in [2.75, 3.05) is 13.6 Å². The number of carbonyl (C=O) groups excluding carboxylic acids is 1. The van der Waals surface area contributed by atoms with Gasteiger partial charge in [-0.05, 0) is 35.9 Å². The molecule has 0 radical (unpaired) electrons. The Hall–Kier alpha value is -1.41. The zero-order chi connectivity index (χ0) is 18.4. The standard InChI is InChI=1S/C17H18BrClN2O3S/c1-21(12-13-4-2-3-5-16(13)19)17(22)10-11-20-25(23,24)15-8-6-14(18)7-9-15/h2-9,20H,10-12H2,1H3. The van der Waals surface area contributed by atoms with Gasteiger partial charge in [0.25, 0.3) is 0 Å². The van der Waals surface area contributed by atoms with Gasteiger partial charge in [-0.2, -0.15) is 0 Å². The third kappa shape index (κ3) is 5.81. The highest BCUT2D eigenvalue weighted by atomic mass is 79.9. The van der Waals surface area contributed by atoms with E-state index in [2.05, 4.69) is 20.7 Å². The molecule has 0 aromatic heterocycles. The molecule has 0 bridgehead atoms. The van der Waals surface area contributed by atoms with Gasteiger partial charge in [-0.15, -0.1) is 0 Å². The molecule has 0 atom stereocenters. The van der Waals surface area contributed by atoms with E-state index in [4.69, 9.17) is 11.6 Å². The van der Waals surface area contributed by atoms with Crippen LogP contribution in [0.4, 0.5) is 0 Å². The molecule has 0 spiro atoms. The first kappa shape index (κ1) is 19.9. The van der Waals surface area contributed by atoms with Gasteiger partial charge in [0.1, 0.15) is 0 Å². The third-order valence-corrected chi connectivity index (χ3v) is 5.92. The summed E-state index contributed by atoms with van der Waals surface area (Å²) in [4.78, 5) is 13.9. The van der Waals surface area contributed by atoms with Crippen LogP contribution in [0.2, 0.25) is 5.02 Å². The summed E-state index contributed by atoms with van der Waals surface area (Å²) in [5, 5.41) is 0.595. The van der Waals surface area contributed by atoms with E-state index in [1.807, 2.05) is 18.2 Å². The van der Waals surface area contributed by atoms with Crippen molar-refractivity contribution in [2.45, 2.75) is 17.9 Å². The molecule has 25 heavy (non-hydrogen) atoms. The van der Waals surface area contributed by atoms with E-state index in [1.165, 1.54) is 17.0 Å². The second-order valence-electron chi connectivity index (χ2n) is 5.44. The van der Waals surface area contributed by atoms with E-state index in [0.717, 1.165) is 10.0 Å². The lowest BCUT2D eigenvalue weighted by Gasteiger charge is -2.18. The zero-order valence-corrected chi connectivity index (χ0v) is 16.7. The van der Waals surface area contributed by atoms with Crippen molar-refractivity contribution < 1.29 is 13.2 Å². The van der Waals surface area contributed by atoms with Crippen LogP contribution < -0.4 is 4.72 Å². The number of nitrogens with one attached hydrogen (secondary N) is 1.